The van der Waals surface area contributed by atoms with Crippen molar-refractivity contribution in [2.45, 2.75) is 50.4 Å². The number of amides is 1. The fraction of sp³-hybridized carbons (Fsp3) is 0.286. The lowest BCUT2D eigenvalue weighted by molar-refractivity contribution is -0.123. The van der Waals surface area contributed by atoms with Gasteiger partial charge in [-0.2, -0.15) is 23.4 Å². The summed E-state index contributed by atoms with van der Waals surface area (Å²) in [6, 6.07) is 5.45. The Kier molecular flexibility index (Phi) is 9.05. The number of hydrogen-bond donors (Lipinski definition) is 1. The van der Waals surface area contributed by atoms with Crippen molar-refractivity contribution in [2.24, 2.45) is 13.0 Å². The molecule has 49 heavy (non-hydrogen) atoms. The third-order valence-corrected chi connectivity index (χ3v) is 8.93. The minimum absolute atomic E-state index is 0.167. The summed E-state index contributed by atoms with van der Waals surface area (Å²) in [5.74, 6) is -4.39. The van der Waals surface area contributed by atoms with Crippen molar-refractivity contribution in [3.05, 3.63) is 106 Å². The van der Waals surface area contributed by atoms with E-state index in [1.807, 2.05) is 0 Å². The van der Waals surface area contributed by atoms with Crippen LogP contribution >= 0.6 is 11.6 Å². The van der Waals surface area contributed by atoms with Crippen LogP contribution in [0.2, 0.25) is 5.02 Å². The van der Waals surface area contributed by atoms with E-state index in [1.54, 1.807) is 42.2 Å². The number of benzene rings is 1. The number of nitrogens with zero attached hydrogens (tertiary/aromatic N) is 5. The Morgan fingerprint density at radius 3 is 2.71 bits per heavy atom. The van der Waals surface area contributed by atoms with Gasteiger partial charge in [0.2, 0.25) is 5.91 Å². The van der Waals surface area contributed by atoms with Crippen molar-refractivity contribution in [3.8, 4) is 23.5 Å². The number of nitrogens with one attached hydrogen (secondary N) is 1. The molecule has 7 nitrogen and oxygen atoms in total. The van der Waals surface area contributed by atoms with Gasteiger partial charge < -0.3 is 5.32 Å². The molecule has 1 aromatic carbocycles. The summed E-state index contributed by atoms with van der Waals surface area (Å²) in [6.45, 7) is 2.54. The summed E-state index contributed by atoms with van der Waals surface area (Å²) in [5, 5.41) is 11.8. The Balaban J connectivity index is 1.46. The van der Waals surface area contributed by atoms with E-state index in [0.29, 0.717) is 31.7 Å². The molecule has 3 atom stereocenters. The van der Waals surface area contributed by atoms with Crippen LogP contribution < -0.4 is 5.32 Å². The molecule has 2 aliphatic carbocycles. The maximum atomic E-state index is 15.4. The number of rotatable bonds is 9. The van der Waals surface area contributed by atoms with Crippen LogP contribution in [0.15, 0.2) is 72.4 Å². The summed E-state index contributed by atoms with van der Waals surface area (Å²) in [6.07, 6.45) is 4.66. The number of carbonyl (C=O) groups excluding carboxylic acids is 1. The fourth-order valence-corrected chi connectivity index (χ4v) is 6.62. The van der Waals surface area contributed by atoms with Gasteiger partial charge in [0.05, 0.1) is 34.4 Å². The first-order chi connectivity index (χ1) is 23.3. The van der Waals surface area contributed by atoms with Crippen LogP contribution in [-0.2, 0) is 30.7 Å². The second-order valence-electron chi connectivity index (χ2n) is 11.7. The molecule has 1 N–H and O–H groups in total. The van der Waals surface area contributed by atoms with Gasteiger partial charge in [0.1, 0.15) is 29.8 Å². The second-order valence-corrected chi connectivity index (χ2v) is 12.2. The van der Waals surface area contributed by atoms with Crippen LogP contribution in [0, 0.1) is 18.3 Å². The van der Waals surface area contributed by atoms with Crippen LogP contribution in [0.4, 0.5) is 26.3 Å². The number of aryl methyl sites for hydroxylation is 1. The van der Waals surface area contributed by atoms with E-state index < -0.39 is 66.6 Å². The number of allylic oxidation sites excluding steroid dienone is 3. The molecule has 4 aromatic rings. The number of pyridine rings is 1. The molecular formula is C35H27ClF6N6O. The third kappa shape index (κ3) is 6.30. The zero-order valence-corrected chi connectivity index (χ0v) is 26.6. The van der Waals surface area contributed by atoms with Crippen molar-refractivity contribution in [1.82, 2.24) is 29.9 Å². The molecule has 0 radical (unpaired) electrons. The minimum atomic E-state index is -3.62. The molecule has 6 rings (SSSR count). The molecular weight excluding hydrogens is 670 g/mol. The van der Waals surface area contributed by atoms with Gasteiger partial charge in [0.25, 0.3) is 12.3 Å². The monoisotopic (exact) mass is 696 g/mol. The predicted octanol–water partition coefficient (Wildman–Crippen LogP) is 7.78. The van der Waals surface area contributed by atoms with Crippen LogP contribution in [0.5, 0.6) is 0 Å². The molecule has 14 heteroatoms. The largest absolute Gasteiger partial charge is 0.346 e. The van der Waals surface area contributed by atoms with Crippen molar-refractivity contribution < 1.29 is 31.1 Å². The lowest BCUT2D eigenvalue weighted by atomic mass is 9.92. The highest BCUT2D eigenvalue weighted by Gasteiger charge is 2.52. The molecule has 3 heterocycles. The molecule has 0 saturated carbocycles. The lowest BCUT2D eigenvalue weighted by Crippen LogP contribution is -2.35. The van der Waals surface area contributed by atoms with E-state index in [9.17, 15) is 22.4 Å². The maximum Gasteiger partial charge on any atom is 0.296 e. The number of carbonyl (C=O) groups is 1. The maximum absolute atomic E-state index is 15.4. The van der Waals surface area contributed by atoms with Gasteiger partial charge in [0.15, 0.2) is 5.83 Å². The Labute approximate surface area is 281 Å². The summed E-state index contributed by atoms with van der Waals surface area (Å²) in [7, 11) is 1.70. The van der Waals surface area contributed by atoms with E-state index >= 15 is 8.78 Å². The van der Waals surface area contributed by atoms with E-state index in [2.05, 4.69) is 38.7 Å². The molecule has 1 unspecified atom stereocenters. The number of terminal acetylenes is 1. The Morgan fingerprint density at radius 1 is 1.24 bits per heavy atom. The normalized spacial score (nSPS) is 18.9. The molecule has 0 spiro atoms. The standard InChI is InChI=1S/C35H27ClF6N6O/c1-4-19-15-25-31(34(39)40)46-48(33(25)35(19,41)42)17-29(49)45-28(14-18-12-20(37)6-7-21(38)13-18)30-23(9-8-22(5-2)44-30)24-10-11-27(36)26-16-43-47(3)32(24)26/h2,4,6,8-11,13,16,19-20,28,34H,1,12,14-15,17H2,3H3,(H,45,49)/t19-,20?,28+/m1/s1. The van der Waals surface area contributed by atoms with Crippen LogP contribution in [-0.4, -0.2) is 36.6 Å². The average molecular weight is 697 g/mol. The zero-order chi connectivity index (χ0) is 35.2. The van der Waals surface area contributed by atoms with Gasteiger partial charge in [-0.1, -0.05) is 41.0 Å². The van der Waals surface area contributed by atoms with E-state index in [-0.39, 0.29) is 35.4 Å². The van der Waals surface area contributed by atoms with Crippen molar-refractivity contribution in [1.29, 1.82) is 0 Å². The van der Waals surface area contributed by atoms with Gasteiger partial charge in [0, 0.05) is 35.5 Å². The van der Waals surface area contributed by atoms with Gasteiger partial charge in [-0.05, 0) is 43.2 Å². The van der Waals surface area contributed by atoms with E-state index in [0.717, 1.165) is 18.2 Å². The Bertz CT molecular complexity index is 2140. The zero-order valence-electron chi connectivity index (χ0n) is 25.8. The Morgan fingerprint density at radius 2 is 2.00 bits per heavy atom. The molecule has 0 bridgehead atoms. The van der Waals surface area contributed by atoms with Gasteiger partial charge in [-0.25, -0.2) is 18.2 Å². The summed E-state index contributed by atoms with van der Waals surface area (Å²) in [5.41, 5.74) is 2.47. The SMILES string of the molecule is C#Cc1ccc(-c2ccc(Cl)c3cnn(C)c23)c([C@H](CC2=CC(F)=C=CC(F)C2)NC(=O)Cn2nc(C(F)F)c3c2C(F)(F)[C@H](C=C)C3)n1. The molecule has 1 amide bonds. The highest BCUT2D eigenvalue weighted by atomic mass is 35.5. The molecule has 0 saturated heterocycles. The smallest absolute Gasteiger partial charge is 0.296 e. The minimum Gasteiger partial charge on any atom is -0.346 e. The number of halogens is 7. The number of hydrogen-bond acceptors (Lipinski definition) is 4. The van der Waals surface area contributed by atoms with Crippen molar-refractivity contribution >= 4 is 28.4 Å². The predicted molar refractivity (Wildman–Crippen MR) is 171 cm³/mol. The number of aromatic nitrogens is 5. The first-order valence-electron chi connectivity index (χ1n) is 15.0. The highest BCUT2D eigenvalue weighted by Crippen LogP contribution is 2.49. The van der Waals surface area contributed by atoms with Crippen molar-refractivity contribution in [3.63, 3.8) is 0 Å². The quantitative estimate of drug-likeness (QED) is 0.0840. The first kappa shape index (κ1) is 33.8. The molecule has 3 aromatic heterocycles. The van der Waals surface area contributed by atoms with Gasteiger partial charge in [-0.3, -0.25) is 14.2 Å². The van der Waals surface area contributed by atoms with E-state index in [1.165, 1.54) is 0 Å². The number of alkyl halides is 5. The third-order valence-electron chi connectivity index (χ3n) is 8.60. The lowest BCUT2D eigenvalue weighted by Gasteiger charge is -2.24. The first-order valence-corrected chi connectivity index (χ1v) is 15.4. The summed E-state index contributed by atoms with van der Waals surface area (Å²) >= 11 is 6.44. The number of fused-ring (bicyclic) bond motifs is 2. The van der Waals surface area contributed by atoms with Crippen LogP contribution in [0.25, 0.3) is 22.0 Å². The van der Waals surface area contributed by atoms with E-state index in [4.69, 9.17) is 18.0 Å². The summed E-state index contributed by atoms with van der Waals surface area (Å²) in [4.78, 5) is 18.3. The van der Waals surface area contributed by atoms with Crippen molar-refractivity contribution in [2.75, 3.05) is 0 Å². The fourth-order valence-electron chi connectivity index (χ4n) is 6.42. The molecule has 0 aliphatic heterocycles. The van der Waals surface area contributed by atoms with Gasteiger partial charge >= 0.3 is 0 Å². The molecule has 0 fully saturated rings. The van der Waals surface area contributed by atoms with Crippen LogP contribution in [0.3, 0.4) is 0 Å². The molecule has 2 aliphatic rings. The van der Waals surface area contributed by atoms with Gasteiger partial charge in [-0.15, -0.1) is 13.0 Å². The topological polar surface area (TPSA) is 77.6 Å². The molecule has 252 valence electrons. The Hall–Kier alpha value is -5.05. The van der Waals surface area contributed by atoms with Crippen LogP contribution in [0.1, 0.15) is 53.6 Å². The average Bonchev–Trinajstić information content (AvgIpc) is 3.67. The highest BCUT2D eigenvalue weighted by molar-refractivity contribution is 6.35. The second kappa shape index (κ2) is 13.1. The summed E-state index contributed by atoms with van der Waals surface area (Å²) < 4.78 is 89.9.